The van der Waals surface area contributed by atoms with E-state index >= 15 is 0 Å². The lowest BCUT2D eigenvalue weighted by Gasteiger charge is -2.18. The highest BCUT2D eigenvalue weighted by Crippen LogP contribution is 2.17. The summed E-state index contributed by atoms with van der Waals surface area (Å²) >= 11 is 0. The SMILES string of the molecule is CCCCC/C=C\C/C=C\C/C=C\CCCCCCCCC(=O)OCC(COCCCCCCCCCCCCCCCCCCCCCC)OC(=O)CCCCCCCCC/C=C\C/C=C\CCCCC. The zero-order chi connectivity index (χ0) is 52.0. The van der Waals surface area contributed by atoms with Crippen LogP contribution in [-0.2, 0) is 23.8 Å². The number of esters is 2. The van der Waals surface area contributed by atoms with Gasteiger partial charge in [-0.1, -0.05) is 287 Å². The van der Waals surface area contributed by atoms with Gasteiger partial charge in [-0.25, -0.2) is 0 Å². The second-order valence-corrected chi connectivity index (χ2v) is 21.3. The zero-order valence-electron chi connectivity index (χ0n) is 48.5. The number of unbranched alkanes of at least 4 members (excludes halogenated alkanes) is 38. The molecule has 0 heterocycles. The molecule has 0 saturated carbocycles. The van der Waals surface area contributed by atoms with Crippen molar-refractivity contribution in [2.45, 2.75) is 335 Å². The van der Waals surface area contributed by atoms with Gasteiger partial charge in [0.05, 0.1) is 6.61 Å². The summed E-state index contributed by atoms with van der Waals surface area (Å²) < 4.78 is 17.5. The van der Waals surface area contributed by atoms with Gasteiger partial charge in [-0.15, -0.1) is 0 Å². The van der Waals surface area contributed by atoms with Crippen LogP contribution in [0.15, 0.2) is 60.8 Å². The molecule has 0 bridgehead atoms. The van der Waals surface area contributed by atoms with E-state index in [1.807, 2.05) is 0 Å². The largest absolute Gasteiger partial charge is 0.462 e. The Balaban J connectivity index is 4.28. The van der Waals surface area contributed by atoms with Crippen LogP contribution in [0.3, 0.4) is 0 Å². The molecule has 0 fully saturated rings. The quantitative estimate of drug-likeness (QED) is 0.0345. The van der Waals surface area contributed by atoms with E-state index in [1.54, 1.807) is 0 Å². The molecule has 72 heavy (non-hydrogen) atoms. The molecule has 0 aromatic carbocycles. The van der Waals surface area contributed by atoms with E-state index in [0.717, 1.165) is 70.6 Å². The summed E-state index contributed by atoms with van der Waals surface area (Å²) in [6, 6.07) is 0. The van der Waals surface area contributed by atoms with Gasteiger partial charge in [-0.05, 0) is 89.9 Å². The average Bonchev–Trinajstić information content (AvgIpc) is 3.38. The van der Waals surface area contributed by atoms with Gasteiger partial charge in [0.1, 0.15) is 6.61 Å². The molecule has 0 aliphatic heterocycles. The van der Waals surface area contributed by atoms with Gasteiger partial charge < -0.3 is 14.2 Å². The van der Waals surface area contributed by atoms with Crippen LogP contribution in [0.2, 0.25) is 0 Å². The topological polar surface area (TPSA) is 61.8 Å². The molecule has 0 radical (unpaired) electrons. The number of carbonyl (C=O) groups is 2. The standard InChI is InChI=1S/C67H122O5/c1-4-7-10-13-16-19-22-25-28-31-33-35-38-41-44-47-50-53-56-59-62-70-63-65(72-67(69)61-58-55-52-49-46-43-40-36-30-27-24-21-18-15-12-9-6-3)64-71-66(68)60-57-54-51-48-45-42-39-37-34-32-29-26-23-20-17-14-11-8-5-2/h17-18,20-21,26-27,29-30,34,37,65H,4-16,19,22-25,28,31-33,35-36,38-64H2,1-3H3/b20-17-,21-18-,29-26-,30-27-,37-34-. The average molecular weight is 1010 g/mol. The molecule has 1 atom stereocenters. The molecule has 0 saturated heterocycles. The number of allylic oxidation sites excluding steroid dienone is 10. The smallest absolute Gasteiger partial charge is 0.306 e. The van der Waals surface area contributed by atoms with E-state index in [-0.39, 0.29) is 25.2 Å². The van der Waals surface area contributed by atoms with E-state index in [9.17, 15) is 9.59 Å². The van der Waals surface area contributed by atoms with Gasteiger partial charge in [-0.2, -0.15) is 0 Å². The predicted molar refractivity (Wildman–Crippen MR) is 316 cm³/mol. The Morgan fingerprint density at radius 3 is 0.958 bits per heavy atom. The van der Waals surface area contributed by atoms with Crippen LogP contribution in [0, 0.1) is 0 Å². The maximum absolute atomic E-state index is 12.9. The molecule has 5 heteroatoms. The normalized spacial score (nSPS) is 12.5. The fraction of sp³-hybridized carbons (Fsp3) is 0.821. The molecule has 0 aromatic heterocycles. The number of rotatable bonds is 59. The van der Waals surface area contributed by atoms with E-state index in [2.05, 4.69) is 81.5 Å². The molecule has 5 nitrogen and oxygen atoms in total. The Morgan fingerprint density at radius 2 is 0.583 bits per heavy atom. The lowest BCUT2D eigenvalue weighted by molar-refractivity contribution is -0.163. The van der Waals surface area contributed by atoms with E-state index in [0.29, 0.717) is 19.4 Å². The Kier molecular flexibility index (Phi) is 60.8. The van der Waals surface area contributed by atoms with Crippen LogP contribution in [0.1, 0.15) is 329 Å². The van der Waals surface area contributed by atoms with Crippen LogP contribution < -0.4 is 0 Å². The highest BCUT2D eigenvalue weighted by Gasteiger charge is 2.18. The first-order valence-corrected chi connectivity index (χ1v) is 31.8. The van der Waals surface area contributed by atoms with Crippen LogP contribution in [-0.4, -0.2) is 37.9 Å². The summed E-state index contributed by atoms with van der Waals surface area (Å²) in [5.74, 6) is -0.404. The minimum atomic E-state index is -0.547. The first-order valence-electron chi connectivity index (χ1n) is 31.8. The number of carbonyl (C=O) groups excluding carboxylic acids is 2. The van der Waals surface area contributed by atoms with Crippen molar-refractivity contribution in [3.05, 3.63) is 60.8 Å². The van der Waals surface area contributed by atoms with E-state index in [4.69, 9.17) is 14.2 Å². The van der Waals surface area contributed by atoms with Crippen LogP contribution in [0.4, 0.5) is 0 Å². The molecule has 1 unspecified atom stereocenters. The highest BCUT2D eigenvalue weighted by atomic mass is 16.6. The van der Waals surface area contributed by atoms with Crippen molar-refractivity contribution in [3.63, 3.8) is 0 Å². The van der Waals surface area contributed by atoms with Gasteiger partial charge in [0.15, 0.2) is 6.10 Å². The molecule has 0 rings (SSSR count). The van der Waals surface area contributed by atoms with Crippen molar-refractivity contribution < 1.29 is 23.8 Å². The van der Waals surface area contributed by atoms with Crippen molar-refractivity contribution in [3.8, 4) is 0 Å². The first kappa shape index (κ1) is 69.6. The van der Waals surface area contributed by atoms with Gasteiger partial charge in [0, 0.05) is 19.4 Å². The molecule has 0 aliphatic carbocycles. The van der Waals surface area contributed by atoms with Crippen LogP contribution in [0.5, 0.6) is 0 Å². The lowest BCUT2D eigenvalue weighted by atomic mass is 10.0. The van der Waals surface area contributed by atoms with Gasteiger partial charge >= 0.3 is 11.9 Å². The fourth-order valence-corrected chi connectivity index (χ4v) is 9.26. The number of hydrogen-bond donors (Lipinski definition) is 0. The van der Waals surface area contributed by atoms with Crippen LogP contribution in [0.25, 0.3) is 0 Å². The molecular weight excluding hydrogens is 885 g/mol. The lowest BCUT2D eigenvalue weighted by Crippen LogP contribution is -2.30. The Bertz CT molecular complexity index is 1230. The molecule has 420 valence electrons. The minimum absolute atomic E-state index is 0.0776. The minimum Gasteiger partial charge on any atom is -0.462 e. The number of hydrogen-bond acceptors (Lipinski definition) is 5. The van der Waals surface area contributed by atoms with E-state index in [1.165, 1.54) is 225 Å². The Morgan fingerprint density at radius 1 is 0.306 bits per heavy atom. The third kappa shape index (κ3) is 60.2. The first-order chi connectivity index (χ1) is 35.6. The summed E-state index contributed by atoms with van der Waals surface area (Å²) in [7, 11) is 0. The maximum atomic E-state index is 12.9. The van der Waals surface area contributed by atoms with Crippen molar-refractivity contribution in [2.24, 2.45) is 0 Å². The summed E-state index contributed by atoms with van der Waals surface area (Å²) in [5.41, 5.74) is 0. The second kappa shape index (κ2) is 62.9. The molecule has 0 spiro atoms. The molecule has 0 aromatic rings. The molecule has 0 N–H and O–H groups in total. The third-order valence-electron chi connectivity index (χ3n) is 14.0. The summed E-state index contributed by atoms with van der Waals surface area (Å²) in [4.78, 5) is 25.6. The Hall–Kier alpha value is -2.40. The summed E-state index contributed by atoms with van der Waals surface area (Å²) in [6.45, 7) is 7.82. The van der Waals surface area contributed by atoms with Crippen molar-refractivity contribution in [1.29, 1.82) is 0 Å². The van der Waals surface area contributed by atoms with Crippen molar-refractivity contribution in [2.75, 3.05) is 19.8 Å². The fourth-order valence-electron chi connectivity index (χ4n) is 9.26. The monoisotopic (exact) mass is 1010 g/mol. The zero-order valence-corrected chi connectivity index (χ0v) is 48.5. The molecular formula is C67H122O5. The van der Waals surface area contributed by atoms with Crippen LogP contribution >= 0.6 is 0 Å². The van der Waals surface area contributed by atoms with Gasteiger partial charge in [-0.3, -0.25) is 9.59 Å². The Labute approximate surface area is 449 Å². The second-order valence-electron chi connectivity index (χ2n) is 21.3. The third-order valence-corrected chi connectivity index (χ3v) is 14.0. The molecule has 0 amide bonds. The van der Waals surface area contributed by atoms with Gasteiger partial charge in [0.25, 0.3) is 0 Å². The predicted octanol–water partition coefficient (Wildman–Crippen LogP) is 22.0. The number of ether oxygens (including phenoxy) is 3. The van der Waals surface area contributed by atoms with E-state index < -0.39 is 6.10 Å². The summed E-state index contributed by atoms with van der Waals surface area (Å²) in [6.07, 6.45) is 81.1. The van der Waals surface area contributed by atoms with Gasteiger partial charge in [0.2, 0.25) is 0 Å². The highest BCUT2D eigenvalue weighted by molar-refractivity contribution is 5.70. The molecule has 0 aliphatic rings. The van der Waals surface area contributed by atoms with Crippen molar-refractivity contribution in [1.82, 2.24) is 0 Å². The summed E-state index contributed by atoms with van der Waals surface area (Å²) in [5, 5.41) is 0. The van der Waals surface area contributed by atoms with Crippen molar-refractivity contribution >= 4 is 11.9 Å². The maximum Gasteiger partial charge on any atom is 0.306 e.